The summed E-state index contributed by atoms with van der Waals surface area (Å²) in [5, 5.41) is 3.45. The van der Waals surface area contributed by atoms with Crippen LogP contribution in [0, 0.1) is 11.7 Å². The van der Waals surface area contributed by atoms with Gasteiger partial charge >= 0.3 is 0 Å². The molecule has 0 saturated carbocycles. The van der Waals surface area contributed by atoms with Gasteiger partial charge in [0.1, 0.15) is 11.6 Å². The van der Waals surface area contributed by atoms with Crippen LogP contribution in [-0.4, -0.2) is 18.9 Å². The second kappa shape index (κ2) is 7.01. The summed E-state index contributed by atoms with van der Waals surface area (Å²) in [6.07, 6.45) is 4.21. The van der Waals surface area contributed by atoms with Gasteiger partial charge < -0.3 is 5.32 Å². The lowest BCUT2D eigenvalue weighted by Crippen LogP contribution is -2.30. The summed E-state index contributed by atoms with van der Waals surface area (Å²) >= 11 is 5.61. The molecule has 0 amide bonds. The summed E-state index contributed by atoms with van der Waals surface area (Å²) in [5.74, 6) is 0.329. The Hall–Kier alpha value is -0.930. The molecule has 1 aromatic rings. The van der Waals surface area contributed by atoms with E-state index in [0.717, 1.165) is 19.5 Å². The number of hydrogen-bond donors (Lipinski definition) is 1. The number of hydrogen-bond acceptors (Lipinski definition) is 2. The summed E-state index contributed by atoms with van der Waals surface area (Å²) < 4.78 is 13.3. The summed E-state index contributed by atoms with van der Waals surface area (Å²) in [6, 6.07) is 4.57. The standard InChI is InChI=1S/C15H19ClFNO/c16-14-6-4-12(9-15(14)17)8-13(19)5-3-11-2-1-7-18-10-11/h4,6,9,11,18H,1-3,5,7-8,10H2. The van der Waals surface area contributed by atoms with E-state index in [9.17, 15) is 9.18 Å². The van der Waals surface area contributed by atoms with Gasteiger partial charge in [0.15, 0.2) is 0 Å². The van der Waals surface area contributed by atoms with Crippen LogP contribution in [-0.2, 0) is 11.2 Å². The van der Waals surface area contributed by atoms with E-state index in [1.165, 1.54) is 25.0 Å². The minimum Gasteiger partial charge on any atom is -0.316 e. The van der Waals surface area contributed by atoms with E-state index in [1.54, 1.807) is 6.07 Å². The van der Waals surface area contributed by atoms with E-state index in [0.29, 0.717) is 24.3 Å². The maximum absolute atomic E-state index is 13.3. The van der Waals surface area contributed by atoms with Crippen molar-refractivity contribution in [2.45, 2.75) is 32.1 Å². The number of rotatable bonds is 5. The first-order valence-electron chi connectivity index (χ1n) is 6.81. The molecule has 0 aliphatic carbocycles. The Labute approximate surface area is 118 Å². The van der Waals surface area contributed by atoms with Crippen LogP contribution in [0.5, 0.6) is 0 Å². The molecule has 1 fully saturated rings. The Balaban J connectivity index is 1.78. The van der Waals surface area contributed by atoms with Gasteiger partial charge in [0.25, 0.3) is 0 Å². The SMILES string of the molecule is O=C(CCC1CCCNC1)Cc1ccc(Cl)c(F)c1. The number of halogens is 2. The molecule has 1 heterocycles. The van der Waals surface area contributed by atoms with Gasteiger partial charge in [-0.05, 0) is 56.0 Å². The van der Waals surface area contributed by atoms with Crippen LogP contribution in [0.1, 0.15) is 31.2 Å². The second-order valence-electron chi connectivity index (χ2n) is 5.21. The van der Waals surface area contributed by atoms with Crippen molar-refractivity contribution >= 4 is 17.4 Å². The molecule has 2 rings (SSSR count). The fourth-order valence-electron chi connectivity index (χ4n) is 2.50. The summed E-state index contributed by atoms with van der Waals surface area (Å²) in [6.45, 7) is 2.11. The van der Waals surface area contributed by atoms with Gasteiger partial charge in [-0.2, -0.15) is 0 Å². The molecular weight excluding hydrogens is 265 g/mol. The lowest BCUT2D eigenvalue weighted by molar-refractivity contribution is -0.118. The lowest BCUT2D eigenvalue weighted by atomic mass is 9.92. The zero-order chi connectivity index (χ0) is 13.7. The number of nitrogens with one attached hydrogen (secondary N) is 1. The number of carbonyl (C=O) groups is 1. The van der Waals surface area contributed by atoms with Crippen molar-refractivity contribution in [2.75, 3.05) is 13.1 Å². The van der Waals surface area contributed by atoms with Gasteiger partial charge in [0, 0.05) is 12.8 Å². The van der Waals surface area contributed by atoms with Gasteiger partial charge in [0.2, 0.25) is 0 Å². The Morgan fingerprint density at radius 1 is 1.47 bits per heavy atom. The lowest BCUT2D eigenvalue weighted by Gasteiger charge is -2.22. The first-order chi connectivity index (χ1) is 9.15. The molecule has 0 radical (unpaired) electrons. The van der Waals surface area contributed by atoms with Crippen molar-refractivity contribution in [1.29, 1.82) is 0 Å². The van der Waals surface area contributed by atoms with E-state index >= 15 is 0 Å². The van der Waals surface area contributed by atoms with E-state index in [2.05, 4.69) is 5.32 Å². The van der Waals surface area contributed by atoms with E-state index < -0.39 is 5.82 Å². The highest BCUT2D eigenvalue weighted by molar-refractivity contribution is 6.30. The van der Waals surface area contributed by atoms with Crippen molar-refractivity contribution in [3.05, 3.63) is 34.6 Å². The third-order valence-corrected chi connectivity index (χ3v) is 3.92. The van der Waals surface area contributed by atoms with Crippen molar-refractivity contribution in [1.82, 2.24) is 5.32 Å². The minimum absolute atomic E-state index is 0.101. The molecule has 4 heteroatoms. The van der Waals surface area contributed by atoms with Gasteiger partial charge in [0.05, 0.1) is 5.02 Å². The molecule has 104 valence electrons. The van der Waals surface area contributed by atoms with Crippen LogP contribution in [0.15, 0.2) is 18.2 Å². The second-order valence-corrected chi connectivity index (χ2v) is 5.62. The van der Waals surface area contributed by atoms with Gasteiger partial charge in [-0.3, -0.25) is 4.79 Å². The highest BCUT2D eigenvalue weighted by Crippen LogP contribution is 2.19. The average molecular weight is 284 g/mol. The number of ketones is 1. The molecule has 1 N–H and O–H groups in total. The number of piperidine rings is 1. The van der Waals surface area contributed by atoms with Crippen molar-refractivity contribution in [3.8, 4) is 0 Å². The summed E-state index contributed by atoms with van der Waals surface area (Å²) in [5.41, 5.74) is 0.702. The molecule has 19 heavy (non-hydrogen) atoms. The van der Waals surface area contributed by atoms with Crippen LogP contribution < -0.4 is 5.32 Å². The third kappa shape index (κ3) is 4.59. The molecule has 2 nitrogen and oxygen atoms in total. The normalized spacial score (nSPS) is 19.4. The molecular formula is C15H19ClFNO. The largest absolute Gasteiger partial charge is 0.316 e. The Morgan fingerprint density at radius 2 is 2.32 bits per heavy atom. The first-order valence-corrected chi connectivity index (χ1v) is 7.19. The number of carbonyl (C=O) groups excluding carboxylic acids is 1. The molecule has 1 aromatic carbocycles. The van der Waals surface area contributed by atoms with Crippen LogP contribution in [0.2, 0.25) is 5.02 Å². The molecule has 1 unspecified atom stereocenters. The van der Waals surface area contributed by atoms with Crippen molar-refractivity contribution in [3.63, 3.8) is 0 Å². The number of Topliss-reactive ketones (excluding diaryl/α,β-unsaturated/α-hetero) is 1. The zero-order valence-corrected chi connectivity index (χ0v) is 11.7. The predicted octanol–water partition coefficient (Wildman–Crippen LogP) is 3.37. The Morgan fingerprint density at radius 3 is 3.00 bits per heavy atom. The maximum atomic E-state index is 13.3. The quantitative estimate of drug-likeness (QED) is 0.898. The fourth-order valence-corrected chi connectivity index (χ4v) is 2.62. The molecule has 1 saturated heterocycles. The summed E-state index contributed by atoms with van der Waals surface area (Å²) in [7, 11) is 0. The van der Waals surface area contributed by atoms with Crippen LogP contribution in [0.25, 0.3) is 0 Å². The van der Waals surface area contributed by atoms with Crippen LogP contribution in [0.3, 0.4) is 0 Å². The summed E-state index contributed by atoms with van der Waals surface area (Å²) in [4.78, 5) is 11.9. The molecule has 1 aliphatic heterocycles. The van der Waals surface area contributed by atoms with E-state index in [-0.39, 0.29) is 10.8 Å². The highest BCUT2D eigenvalue weighted by Gasteiger charge is 2.14. The smallest absolute Gasteiger partial charge is 0.142 e. The predicted molar refractivity (Wildman–Crippen MR) is 74.9 cm³/mol. The van der Waals surface area contributed by atoms with Crippen molar-refractivity contribution < 1.29 is 9.18 Å². The van der Waals surface area contributed by atoms with E-state index in [4.69, 9.17) is 11.6 Å². The van der Waals surface area contributed by atoms with Crippen LogP contribution >= 0.6 is 11.6 Å². The van der Waals surface area contributed by atoms with E-state index in [1.807, 2.05) is 0 Å². The van der Waals surface area contributed by atoms with Gasteiger partial charge in [-0.25, -0.2) is 4.39 Å². The minimum atomic E-state index is -0.455. The molecule has 0 bridgehead atoms. The van der Waals surface area contributed by atoms with Gasteiger partial charge in [-0.1, -0.05) is 17.7 Å². The zero-order valence-electron chi connectivity index (χ0n) is 10.9. The first kappa shape index (κ1) is 14.5. The van der Waals surface area contributed by atoms with Gasteiger partial charge in [-0.15, -0.1) is 0 Å². The number of benzene rings is 1. The third-order valence-electron chi connectivity index (χ3n) is 3.62. The van der Waals surface area contributed by atoms with Crippen LogP contribution in [0.4, 0.5) is 4.39 Å². The molecule has 1 aliphatic rings. The topological polar surface area (TPSA) is 29.1 Å². The maximum Gasteiger partial charge on any atom is 0.142 e. The average Bonchev–Trinajstić information content (AvgIpc) is 2.42. The fraction of sp³-hybridized carbons (Fsp3) is 0.533. The van der Waals surface area contributed by atoms with Crippen molar-refractivity contribution in [2.24, 2.45) is 5.92 Å². The Kier molecular flexibility index (Phi) is 5.34. The molecule has 0 aromatic heterocycles. The monoisotopic (exact) mass is 283 g/mol. The molecule has 0 spiro atoms. The molecule has 1 atom stereocenters. The Bertz CT molecular complexity index is 444. The highest BCUT2D eigenvalue weighted by atomic mass is 35.5.